The fourth-order valence-corrected chi connectivity index (χ4v) is 4.10. The molecular weight excluding hydrogens is 440 g/mol. The Morgan fingerprint density at radius 2 is 2.09 bits per heavy atom. The van der Waals surface area contributed by atoms with Gasteiger partial charge in [0.25, 0.3) is 5.91 Å². The molecule has 0 bridgehead atoms. The van der Waals surface area contributed by atoms with Gasteiger partial charge in [-0.3, -0.25) is 9.89 Å². The molecule has 0 spiro atoms. The number of benzene rings is 1. The first-order valence-corrected chi connectivity index (χ1v) is 11.0. The molecule has 0 fully saturated rings. The number of esters is 1. The molecule has 10 heteroatoms. The lowest BCUT2D eigenvalue weighted by Gasteiger charge is -2.08. The number of amides is 1. The molecule has 0 aliphatic carbocycles. The maximum Gasteiger partial charge on any atom is 0.343 e. The first-order chi connectivity index (χ1) is 16.1. The first-order valence-electron chi connectivity index (χ1n) is 10.1. The average Bonchev–Trinajstić information content (AvgIpc) is 3.59. The maximum atomic E-state index is 12.7. The first kappa shape index (κ1) is 20.6. The number of carbonyl (C=O) groups excluding carboxylic acids is 2. The van der Waals surface area contributed by atoms with E-state index in [0.717, 1.165) is 16.1 Å². The van der Waals surface area contributed by atoms with Gasteiger partial charge in [-0.05, 0) is 42.6 Å². The Morgan fingerprint density at radius 1 is 1.18 bits per heavy atom. The van der Waals surface area contributed by atoms with E-state index in [4.69, 9.17) is 4.74 Å². The second-order valence-electron chi connectivity index (χ2n) is 7.02. The number of ether oxygens (including phenoxy) is 1. The number of hydrogen-bond acceptors (Lipinski definition) is 7. The van der Waals surface area contributed by atoms with Crippen LogP contribution in [0.25, 0.3) is 27.5 Å². The fraction of sp³-hybridized carbons (Fsp3) is 0.0870. The third-order valence-corrected chi connectivity index (χ3v) is 5.81. The number of thiophene rings is 1. The smallest absolute Gasteiger partial charge is 0.343 e. The van der Waals surface area contributed by atoms with Crippen LogP contribution in [0.2, 0.25) is 0 Å². The van der Waals surface area contributed by atoms with Gasteiger partial charge in [0.15, 0.2) is 11.3 Å². The summed E-state index contributed by atoms with van der Waals surface area (Å²) in [4.78, 5) is 30.2. The van der Waals surface area contributed by atoms with E-state index in [0.29, 0.717) is 28.3 Å². The van der Waals surface area contributed by atoms with Crippen molar-refractivity contribution >= 4 is 34.5 Å². The van der Waals surface area contributed by atoms with E-state index in [-0.39, 0.29) is 12.5 Å². The number of nitrogens with one attached hydrogen (secondary N) is 2. The molecule has 0 saturated carbocycles. The number of aromatic nitrogens is 5. The van der Waals surface area contributed by atoms with E-state index in [9.17, 15) is 9.59 Å². The molecule has 33 heavy (non-hydrogen) atoms. The number of carbonyl (C=O) groups is 2. The molecule has 9 nitrogen and oxygen atoms in total. The Hall–Kier alpha value is -4.31. The molecule has 5 aromatic rings. The van der Waals surface area contributed by atoms with E-state index in [1.807, 2.05) is 35.7 Å². The molecule has 0 atom stereocenters. The van der Waals surface area contributed by atoms with Crippen molar-refractivity contribution in [2.75, 3.05) is 11.9 Å². The van der Waals surface area contributed by atoms with Crippen LogP contribution in [-0.2, 0) is 4.74 Å². The van der Waals surface area contributed by atoms with Crippen molar-refractivity contribution < 1.29 is 14.3 Å². The molecular formula is C23H18N6O3S. The van der Waals surface area contributed by atoms with Crippen LogP contribution in [0.15, 0.2) is 66.3 Å². The number of H-pyrrole nitrogens is 1. The molecule has 5 rings (SSSR count). The number of rotatable bonds is 6. The lowest BCUT2D eigenvalue weighted by atomic mass is 10.1. The van der Waals surface area contributed by atoms with Crippen molar-refractivity contribution in [2.45, 2.75) is 6.92 Å². The summed E-state index contributed by atoms with van der Waals surface area (Å²) in [5.41, 5.74) is 3.88. The molecule has 164 valence electrons. The Balaban J connectivity index is 1.41. The van der Waals surface area contributed by atoms with Gasteiger partial charge in [-0.25, -0.2) is 14.3 Å². The number of hydrogen-bond donors (Lipinski definition) is 2. The van der Waals surface area contributed by atoms with Crippen molar-refractivity contribution in [3.05, 3.63) is 77.6 Å². The van der Waals surface area contributed by atoms with Gasteiger partial charge in [0.1, 0.15) is 5.56 Å². The van der Waals surface area contributed by atoms with E-state index < -0.39 is 5.97 Å². The van der Waals surface area contributed by atoms with Gasteiger partial charge in [0, 0.05) is 17.4 Å². The maximum absolute atomic E-state index is 12.7. The number of aromatic amines is 1. The van der Waals surface area contributed by atoms with Crippen molar-refractivity contribution in [1.82, 2.24) is 24.8 Å². The topological polar surface area (TPSA) is 114 Å². The lowest BCUT2D eigenvalue weighted by Crippen LogP contribution is -2.12. The number of anilines is 1. The fourth-order valence-electron chi connectivity index (χ4n) is 3.41. The quantitative estimate of drug-likeness (QED) is 0.367. The predicted octanol–water partition coefficient (Wildman–Crippen LogP) is 4.28. The SMILES string of the molecule is CCOC(=O)c1cnn2c(-c3cccc(NC(=O)c4cc(-c5cccs5)[nH]n4)c3)ccnc12. The average molecular weight is 459 g/mol. The molecule has 0 unspecified atom stereocenters. The van der Waals surface area contributed by atoms with Gasteiger partial charge in [0.05, 0.1) is 29.1 Å². The van der Waals surface area contributed by atoms with Crippen LogP contribution >= 0.6 is 11.3 Å². The number of fused-ring (bicyclic) bond motifs is 1. The minimum absolute atomic E-state index is 0.266. The standard InChI is InChI=1S/C23H18N6O3S/c1-2-32-23(31)16-13-25-29-19(8-9-24-21(16)29)14-5-3-6-15(11-14)26-22(30)18-12-17(27-28-18)20-7-4-10-33-20/h3-13H,2H2,1H3,(H,26,30)(H,27,28). The monoisotopic (exact) mass is 458 g/mol. The highest BCUT2D eigenvalue weighted by Crippen LogP contribution is 2.26. The van der Waals surface area contributed by atoms with Crippen LogP contribution in [0, 0.1) is 0 Å². The molecule has 0 aliphatic rings. The van der Waals surface area contributed by atoms with Crippen LogP contribution in [-0.4, -0.2) is 43.3 Å². The molecule has 2 N–H and O–H groups in total. The zero-order chi connectivity index (χ0) is 22.8. The summed E-state index contributed by atoms with van der Waals surface area (Å²) in [6.07, 6.45) is 3.05. The van der Waals surface area contributed by atoms with E-state index >= 15 is 0 Å². The van der Waals surface area contributed by atoms with Gasteiger partial charge in [-0.2, -0.15) is 10.2 Å². The molecule has 4 heterocycles. The summed E-state index contributed by atoms with van der Waals surface area (Å²) in [5.74, 6) is -0.797. The molecule has 0 aliphatic heterocycles. The van der Waals surface area contributed by atoms with Crippen LogP contribution in [0.4, 0.5) is 5.69 Å². The van der Waals surface area contributed by atoms with Crippen LogP contribution in [0.3, 0.4) is 0 Å². The summed E-state index contributed by atoms with van der Waals surface area (Å²) in [6, 6.07) is 14.7. The van der Waals surface area contributed by atoms with E-state index in [1.165, 1.54) is 6.20 Å². The number of nitrogens with zero attached hydrogens (tertiary/aromatic N) is 4. The molecule has 1 aromatic carbocycles. The highest BCUT2D eigenvalue weighted by atomic mass is 32.1. The predicted molar refractivity (Wildman–Crippen MR) is 124 cm³/mol. The summed E-state index contributed by atoms with van der Waals surface area (Å²) < 4.78 is 6.66. The molecule has 0 saturated heterocycles. The molecule has 4 aromatic heterocycles. The van der Waals surface area contributed by atoms with Crippen LogP contribution in [0.5, 0.6) is 0 Å². The minimum Gasteiger partial charge on any atom is -0.462 e. The van der Waals surface area contributed by atoms with Crippen molar-refractivity contribution in [3.63, 3.8) is 0 Å². The largest absolute Gasteiger partial charge is 0.462 e. The van der Waals surface area contributed by atoms with Crippen molar-refractivity contribution in [2.24, 2.45) is 0 Å². The third kappa shape index (κ3) is 3.99. The van der Waals surface area contributed by atoms with Crippen molar-refractivity contribution in [3.8, 4) is 21.8 Å². The zero-order valence-corrected chi connectivity index (χ0v) is 18.3. The second kappa shape index (κ2) is 8.67. The van der Waals surface area contributed by atoms with Gasteiger partial charge < -0.3 is 10.1 Å². The van der Waals surface area contributed by atoms with Crippen LogP contribution in [0.1, 0.15) is 27.8 Å². The second-order valence-corrected chi connectivity index (χ2v) is 7.97. The minimum atomic E-state index is -0.473. The molecule has 1 amide bonds. The van der Waals surface area contributed by atoms with Crippen LogP contribution < -0.4 is 5.32 Å². The summed E-state index contributed by atoms with van der Waals surface area (Å²) >= 11 is 1.57. The van der Waals surface area contributed by atoms with Gasteiger partial charge in [0.2, 0.25) is 0 Å². The summed E-state index contributed by atoms with van der Waals surface area (Å²) in [7, 11) is 0. The van der Waals surface area contributed by atoms with E-state index in [2.05, 4.69) is 25.6 Å². The normalized spacial score (nSPS) is 10.9. The third-order valence-electron chi connectivity index (χ3n) is 4.91. The summed E-state index contributed by atoms with van der Waals surface area (Å²) in [6.45, 7) is 2.01. The van der Waals surface area contributed by atoms with Gasteiger partial charge in [-0.15, -0.1) is 11.3 Å². The van der Waals surface area contributed by atoms with Gasteiger partial charge in [-0.1, -0.05) is 18.2 Å². The lowest BCUT2D eigenvalue weighted by molar-refractivity contribution is 0.0528. The Morgan fingerprint density at radius 3 is 2.91 bits per heavy atom. The Labute approximate surface area is 192 Å². The van der Waals surface area contributed by atoms with E-state index in [1.54, 1.807) is 47.2 Å². The highest BCUT2D eigenvalue weighted by molar-refractivity contribution is 7.13. The zero-order valence-electron chi connectivity index (χ0n) is 17.5. The Bertz CT molecular complexity index is 1450. The van der Waals surface area contributed by atoms with Crippen molar-refractivity contribution in [1.29, 1.82) is 0 Å². The Kier molecular flexibility index (Phi) is 5.41. The molecule has 0 radical (unpaired) electrons. The summed E-state index contributed by atoms with van der Waals surface area (Å²) in [5, 5.41) is 16.2. The van der Waals surface area contributed by atoms with Gasteiger partial charge >= 0.3 is 5.97 Å². The highest BCUT2D eigenvalue weighted by Gasteiger charge is 2.18.